The van der Waals surface area contributed by atoms with Crippen LogP contribution < -0.4 is 0 Å². The van der Waals surface area contributed by atoms with E-state index in [1.807, 2.05) is 30.3 Å². The van der Waals surface area contributed by atoms with Gasteiger partial charge in [-0.1, -0.05) is 30.3 Å². The van der Waals surface area contributed by atoms with E-state index in [1.165, 1.54) is 0 Å². The van der Waals surface area contributed by atoms with Crippen molar-refractivity contribution >= 4 is 5.94 Å². The first kappa shape index (κ1) is 31.4. The second-order valence-electron chi connectivity index (χ2n) is 2.43. The molecule has 0 atom stereocenters. The Morgan fingerprint density at radius 2 is 1.38 bits per heavy atom. The third-order valence-corrected chi connectivity index (χ3v) is 1.44. The number of hydrogen-bond acceptors (Lipinski definition) is 2. The maximum absolute atomic E-state index is 10.0. The van der Waals surface area contributed by atoms with Crippen molar-refractivity contribution in [3.05, 3.63) is 68.3 Å². The van der Waals surface area contributed by atoms with Gasteiger partial charge < -0.3 is 4.74 Å². The molecule has 0 spiro atoms. The Labute approximate surface area is 133 Å². The van der Waals surface area contributed by atoms with Gasteiger partial charge in [-0.2, -0.15) is 0 Å². The summed E-state index contributed by atoms with van der Waals surface area (Å²) in [6.07, 6.45) is 0. The summed E-state index contributed by atoms with van der Waals surface area (Å²) in [5, 5.41) is 0. The van der Waals surface area contributed by atoms with E-state index in [0.29, 0.717) is 12.4 Å². The zero-order valence-corrected chi connectivity index (χ0v) is 12.2. The van der Waals surface area contributed by atoms with Crippen LogP contribution in [0.3, 0.4) is 0 Å². The standard InChI is InChI=1S/C10H10O2.4CO.Cr/c1-9(7-11)12-8-10-5-3-2-4-6-10;4*1-2;/h2-6H,8H2,1H3;;;;;. The van der Waals surface area contributed by atoms with E-state index < -0.39 is 0 Å². The Morgan fingerprint density at radius 3 is 1.71 bits per heavy atom. The molecule has 0 aromatic heterocycles. The third kappa shape index (κ3) is 27.2. The maximum atomic E-state index is 10.0. The molecule has 108 valence electrons. The first-order chi connectivity index (χ1) is 9.83. The number of ether oxygens (including phenoxy) is 1. The average Bonchev–Trinajstić information content (AvgIpc) is 2.60. The fourth-order valence-corrected chi connectivity index (χ4v) is 0.795. The number of rotatable bonds is 3. The van der Waals surface area contributed by atoms with Gasteiger partial charge in [-0.15, -0.1) is 0 Å². The maximum Gasteiger partial charge on any atom is 0 e. The molecule has 0 saturated carbocycles. The van der Waals surface area contributed by atoms with Crippen molar-refractivity contribution in [2.45, 2.75) is 13.5 Å². The predicted molar refractivity (Wildman–Crippen MR) is 61.8 cm³/mol. The largest absolute Gasteiger partial charge is 0 e. The monoisotopic (exact) mass is 326 g/mol. The van der Waals surface area contributed by atoms with E-state index in [2.05, 4.69) is 26.6 Å². The van der Waals surface area contributed by atoms with E-state index in [4.69, 9.17) is 23.3 Å². The van der Waals surface area contributed by atoms with Crippen LogP contribution in [0.25, 0.3) is 0 Å². The molecule has 1 aromatic carbocycles. The molecule has 0 N–H and O–H groups in total. The molecule has 0 aliphatic carbocycles. The number of carbonyl (C=O) groups excluding carboxylic acids is 1. The first-order valence-electron chi connectivity index (χ1n) is 4.53. The molecule has 0 saturated heterocycles. The van der Waals surface area contributed by atoms with Crippen molar-refractivity contribution in [3.8, 4) is 0 Å². The van der Waals surface area contributed by atoms with Crippen LogP contribution in [-0.4, -0.2) is 5.94 Å². The van der Waals surface area contributed by atoms with Gasteiger partial charge in [0.2, 0.25) is 0 Å². The Hall–Kier alpha value is -2.04. The molecule has 0 aliphatic heterocycles. The second kappa shape index (κ2) is 36.1. The number of benzene rings is 1. The SMILES string of the molecule is CC(=C=O)OCc1ccccc1.[C-]#[O+].[C-]#[O+].[C-]#[O+].[C-]#[O+].[Cr]. The number of hydrogen-bond donors (Lipinski definition) is 0. The van der Waals surface area contributed by atoms with Crippen molar-refractivity contribution in [2.75, 3.05) is 0 Å². The van der Waals surface area contributed by atoms with E-state index in [1.54, 1.807) is 12.9 Å². The summed E-state index contributed by atoms with van der Waals surface area (Å²) in [6, 6.07) is 9.68. The molecule has 0 fully saturated rings. The summed E-state index contributed by atoms with van der Waals surface area (Å²) in [5.74, 6) is 1.97. The molecule has 0 radical (unpaired) electrons. The fraction of sp³-hybridized carbons (Fsp3) is 0.143. The van der Waals surface area contributed by atoms with Crippen molar-refractivity contribution in [1.82, 2.24) is 0 Å². The second-order valence-corrected chi connectivity index (χ2v) is 2.43. The Morgan fingerprint density at radius 1 is 1.00 bits per heavy atom. The Balaban J connectivity index is -0.0000000823. The van der Waals surface area contributed by atoms with Crippen molar-refractivity contribution in [1.29, 1.82) is 0 Å². The summed E-state index contributed by atoms with van der Waals surface area (Å²) < 4.78 is 35.1. The molecule has 0 aliphatic rings. The topological polar surface area (TPSA) is 106 Å². The van der Waals surface area contributed by atoms with Gasteiger partial charge in [0.1, 0.15) is 6.61 Å². The molecular formula is C14H10CrO6. The summed E-state index contributed by atoms with van der Waals surface area (Å²) in [6.45, 7) is 20.0. The van der Waals surface area contributed by atoms with E-state index >= 15 is 0 Å². The van der Waals surface area contributed by atoms with Crippen molar-refractivity contribution < 1.29 is 45.5 Å². The molecule has 1 aromatic rings. The van der Waals surface area contributed by atoms with Crippen molar-refractivity contribution in [2.24, 2.45) is 0 Å². The minimum atomic E-state index is 0. The van der Waals surface area contributed by atoms with E-state index in [0.717, 1.165) is 5.56 Å². The molecule has 0 bridgehead atoms. The van der Waals surface area contributed by atoms with E-state index in [-0.39, 0.29) is 17.4 Å². The average molecular weight is 326 g/mol. The van der Waals surface area contributed by atoms with Crippen LogP contribution in [0, 0.1) is 26.6 Å². The Kier molecular flexibility index (Phi) is 54.0. The van der Waals surface area contributed by atoms with Gasteiger partial charge in [-0.25, -0.2) is 4.79 Å². The van der Waals surface area contributed by atoms with Gasteiger partial charge in [-0.05, 0) is 5.56 Å². The molecule has 1 rings (SSSR count). The summed E-state index contributed by atoms with van der Waals surface area (Å²) in [5.41, 5.74) is 1.05. The van der Waals surface area contributed by atoms with Crippen LogP contribution in [0.1, 0.15) is 12.5 Å². The molecular weight excluding hydrogens is 316 g/mol. The first-order valence-corrected chi connectivity index (χ1v) is 4.53. The van der Waals surface area contributed by atoms with Gasteiger partial charge >= 0.3 is 45.2 Å². The van der Waals surface area contributed by atoms with Gasteiger partial charge in [0.25, 0.3) is 0 Å². The predicted octanol–water partition coefficient (Wildman–Crippen LogP) is 1.79. The summed E-state index contributed by atoms with van der Waals surface area (Å²) >= 11 is 0. The normalized spacial score (nSPS) is 5.38. The molecule has 7 heteroatoms. The van der Waals surface area contributed by atoms with Crippen LogP contribution in [0.5, 0.6) is 0 Å². The fourth-order valence-electron chi connectivity index (χ4n) is 0.795. The Bertz CT molecular complexity index is 417. The minimum Gasteiger partial charge on any atom is 0 e. The van der Waals surface area contributed by atoms with Gasteiger partial charge in [0, 0.05) is 24.3 Å². The van der Waals surface area contributed by atoms with Crippen LogP contribution in [0.2, 0.25) is 0 Å². The summed E-state index contributed by atoms with van der Waals surface area (Å²) in [7, 11) is 0. The van der Waals surface area contributed by atoms with Gasteiger partial charge in [0.05, 0.1) is 0 Å². The van der Waals surface area contributed by atoms with Crippen molar-refractivity contribution in [3.63, 3.8) is 0 Å². The molecule has 0 heterocycles. The van der Waals surface area contributed by atoms with E-state index in [9.17, 15) is 4.79 Å². The smallest absolute Gasteiger partial charge is 0 e. The summed E-state index contributed by atoms with van der Waals surface area (Å²) in [4.78, 5) is 10.0. The van der Waals surface area contributed by atoms with Crippen LogP contribution in [0.15, 0.2) is 36.1 Å². The van der Waals surface area contributed by atoms with Crippen LogP contribution >= 0.6 is 0 Å². The molecule has 6 nitrogen and oxygen atoms in total. The zero-order valence-electron chi connectivity index (χ0n) is 11.0. The molecule has 0 amide bonds. The van der Waals surface area contributed by atoms with Crippen LogP contribution in [0.4, 0.5) is 0 Å². The minimum absolute atomic E-state index is 0. The molecule has 0 unspecified atom stereocenters. The van der Waals surface area contributed by atoms with Gasteiger partial charge in [-0.3, -0.25) is 0 Å². The molecule has 21 heavy (non-hydrogen) atoms. The van der Waals surface area contributed by atoms with Crippen LogP contribution in [-0.2, 0) is 52.1 Å². The zero-order chi connectivity index (χ0) is 16.8. The quantitative estimate of drug-likeness (QED) is 0.365. The third-order valence-electron chi connectivity index (χ3n) is 1.44. The number of allylic oxidation sites excluding steroid dienone is 1. The van der Waals surface area contributed by atoms with Gasteiger partial charge in [0.15, 0.2) is 11.7 Å².